The molecule has 0 fully saturated rings. The second kappa shape index (κ2) is 5.21. The molecule has 90 valence electrons. The second-order valence-electron chi connectivity index (χ2n) is 3.54. The van der Waals surface area contributed by atoms with Crippen LogP contribution in [0.2, 0.25) is 5.02 Å². The molecule has 2 rings (SSSR count). The fourth-order valence-corrected chi connectivity index (χ4v) is 2.13. The van der Waals surface area contributed by atoms with Crippen molar-refractivity contribution in [2.45, 2.75) is 11.8 Å². The minimum atomic E-state index is -0.282. The Morgan fingerprint density at radius 2 is 2.06 bits per heavy atom. The van der Waals surface area contributed by atoms with Crippen LogP contribution in [0.3, 0.4) is 0 Å². The van der Waals surface area contributed by atoms with Crippen LogP contribution in [0.4, 0.5) is 0 Å². The Morgan fingerprint density at radius 3 is 2.71 bits per heavy atom. The molecule has 0 aliphatic heterocycles. The summed E-state index contributed by atoms with van der Waals surface area (Å²) in [7, 11) is 0. The molecule has 0 spiro atoms. The van der Waals surface area contributed by atoms with E-state index in [1.165, 1.54) is 12.1 Å². The molecule has 1 aliphatic carbocycles. The van der Waals surface area contributed by atoms with E-state index in [9.17, 15) is 5.11 Å². The zero-order valence-corrected chi connectivity index (χ0v) is 10.9. The van der Waals surface area contributed by atoms with E-state index in [0.717, 1.165) is 0 Å². The van der Waals surface area contributed by atoms with Gasteiger partial charge in [0.1, 0.15) is 11.5 Å². The molecular formula is C12H8Cl3O2-. The Kier molecular flexibility index (Phi) is 3.87. The molecule has 0 bridgehead atoms. The second-order valence-corrected chi connectivity index (χ2v) is 4.99. The summed E-state index contributed by atoms with van der Waals surface area (Å²) in [5.74, 6) is 0.360. The van der Waals surface area contributed by atoms with E-state index in [-0.39, 0.29) is 16.9 Å². The maximum absolute atomic E-state index is 11.6. The van der Waals surface area contributed by atoms with Crippen molar-refractivity contribution in [3.05, 3.63) is 46.2 Å². The highest BCUT2D eigenvalue weighted by Crippen LogP contribution is 2.32. The van der Waals surface area contributed by atoms with E-state index in [4.69, 9.17) is 39.5 Å². The molecule has 2 nitrogen and oxygen atoms in total. The first-order valence-corrected chi connectivity index (χ1v) is 6.11. The predicted octanol–water partition coefficient (Wildman–Crippen LogP) is 3.81. The van der Waals surface area contributed by atoms with E-state index in [2.05, 4.69) is 0 Å². The quantitative estimate of drug-likeness (QED) is 0.776. The van der Waals surface area contributed by atoms with Crippen molar-refractivity contribution in [1.29, 1.82) is 0 Å². The molecule has 0 amide bonds. The van der Waals surface area contributed by atoms with Crippen LogP contribution in [0, 0.1) is 0 Å². The van der Waals surface area contributed by atoms with Gasteiger partial charge >= 0.3 is 0 Å². The Balaban J connectivity index is 2.22. The van der Waals surface area contributed by atoms with Crippen LogP contribution in [-0.4, -0.2) is 5.38 Å². The fraction of sp³-hybridized carbons (Fsp3) is 0.167. The zero-order valence-electron chi connectivity index (χ0n) is 8.62. The summed E-state index contributed by atoms with van der Waals surface area (Å²) < 4.78 is 5.43. The van der Waals surface area contributed by atoms with Crippen molar-refractivity contribution in [3.8, 4) is 11.5 Å². The van der Waals surface area contributed by atoms with E-state index in [0.29, 0.717) is 22.2 Å². The smallest absolute Gasteiger partial charge is 0.141 e. The Bertz CT molecular complexity index is 495. The van der Waals surface area contributed by atoms with Crippen molar-refractivity contribution >= 4 is 34.8 Å². The van der Waals surface area contributed by atoms with Crippen LogP contribution in [0.5, 0.6) is 11.5 Å². The van der Waals surface area contributed by atoms with Crippen molar-refractivity contribution in [3.63, 3.8) is 0 Å². The van der Waals surface area contributed by atoms with Crippen LogP contribution in [-0.2, 0) is 0 Å². The highest BCUT2D eigenvalue weighted by molar-refractivity contribution is 6.31. The number of allylic oxidation sites excluding steroid dienone is 3. The van der Waals surface area contributed by atoms with Crippen molar-refractivity contribution in [2.75, 3.05) is 0 Å². The van der Waals surface area contributed by atoms with Crippen LogP contribution in [0.1, 0.15) is 6.42 Å². The molecule has 5 heteroatoms. The molecule has 0 radical (unpaired) electrons. The molecule has 1 aromatic carbocycles. The molecule has 0 N–H and O–H groups in total. The monoisotopic (exact) mass is 289 g/mol. The van der Waals surface area contributed by atoms with Gasteiger partial charge in [-0.3, -0.25) is 0 Å². The highest BCUT2D eigenvalue weighted by atomic mass is 35.5. The first kappa shape index (κ1) is 12.6. The number of alkyl halides is 1. The Hall–Kier alpha value is -0.830. The van der Waals surface area contributed by atoms with Gasteiger partial charge < -0.3 is 9.84 Å². The summed E-state index contributed by atoms with van der Waals surface area (Å²) in [6.07, 6.45) is 3.93. The lowest BCUT2D eigenvalue weighted by Crippen LogP contribution is -2.06. The zero-order chi connectivity index (χ0) is 12.4. The SMILES string of the molecule is [O-]c1cc(Cl)ccc1OC1=C(Cl)CC(Cl)C=C1. The summed E-state index contributed by atoms with van der Waals surface area (Å²) in [6, 6.07) is 4.40. The van der Waals surface area contributed by atoms with Crippen LogP contribution in [0.15, 0.2) is 41.1 Å². The fourth-order valence-electron chi connectivity index (χ4n) is 1.40. The Labute approximate surface area is 114 Å². The standard InChI is InChI=1S/C12H9Cl3O2/c13-7-1-3-11(9(15)5-7)17-12-4-2-8(14)6-10(12)16/h1-4,6-7,16H,5H2/p-1. The van der Waals surface area contributed by atoms with Gasteiger partial charge in [-0.05, 0) is 24.3 Å². The third-order valence-corrected chi connectivity index (χ3v) is 3.10. The summed E-state index contributed by atoms with van der Waals surface area (Å²) in [5.41, 5.74) is 0. The number of halogens is 3. The average molecular weight is 291 g/mol. The van der Waals surface area contributed by atoms with Crippen molar-refractivity contribution in [2.24, 2.45) is 0 Å². The van der Waals surface area contributed by atoms with Gasteiger partial charge in [-0.2, -0.15) is 0 Å². The number of ether oxygens (including phenoxy) is 1. The van der Waals surface area contributed by atoms with Gasteiger partial charge in [0.15, 0.2) is 0 Å². The van der Waals surface area contributed by atoms with Crippen LogP contribution < -0.4 is 9.84 Å². The highest BCUT2D eigenvalue weighted by Gasteiger charge is 2.14. The lowest BCUT2D eigenvalue weighted by atomic mass is 10.1. The number of benzene rings is 1. The normalized spacial score (nSPS) is 19.6. The molecule has 1 aromatic rings. The Morgan fingerprint density at radius 1 is 1.29 bits per heavy atom. The minimum Gasteiger partial charge on any atom is -0.870 e. The maximum atomic E-state index is 11.6. The third-order valence-electron chi connectivity index (χ3n) is 2.22. The summed E-state index contributed by atoms with van der Waals surface area (Å²) >= 11 is 17.6. The van der Waals surface area contributed by atoms with E-state index in [1.807, 2.05) is 0 Å². The van der Waals surface area contributed by atoms with Gasteiger partial charge in [0.2, 0.25) is 0 Å². The van der Waals surface area contributed by atoms with Gasteiger partial charge in [-0.1, -0.05) is 35.0 Å². The largest absolute Gasteiger partial charge is 0.870 e. The molecular weight excluding hydrogens is 282 g/mol. The molecule has 0 saturated carbocycles. The first-order chi connectivity index (χ1) is 8.06. The van der Waals surface area contributed by atoms with Gasteiger partial charge in [0.05, 0.1) is 10.4 Å². The molecule has 0 saturated heterocycles. The summed E-state index contributed by atoms with van der Waals surface area (Å²) in [4.78, 5) is 0. The minimum absolute atomic E-state index is 0.133. The number of hydrogen-bond acceptors (Lipinski definition) is 2. The van der Waals surface area contributed by atoms with E-state index < -0.39 is 0 Å². The van der Waals surface area contributed by atoms with E-state index >= 15 is 0 Å². The van der Waals surface area contributed by atoms with Crippen LogP contribution >= 0.6 is 34.8 Å². The van der Waals surface area contributed by atoms with Gasteiger partial charge in [-0.25, -0.2) is 0 Å². The van der Waals surface area contributed by atoms with Crippen molar-refractivity contribution in [1.82, 2.24) is 0 Å². The third kappa shape index (κ3) is 3.09. The van der Waals surface area contributed by atoms with Gasteiger partial charge in [0.25, 0.3) is 0 Å². The van der Waals surface area contributed by atoms with Crippen molar-refractivity contribution < 1.29 is 9.84 Å². The lowest BCUT2D eigenvalue weighted by Gasteiger charge is -2.18. The summed E-state index contributed by atoms with van der Waals surface area (Å²) in [5, 5.41) is 12.3. The molecule has 0 aromatic heterocycles. The maximum Gasteiger partial charge on any atom is 0.141 e. The summed E-state index contributed by atoms with van der Waals surface area (Å²) in [6.45, 7) is 0. The molecule has 1 unspecified atom stereocenters. The molecule has 1 aliphatic rings. The lowest BCUT2D eigenvalue weighted by molar-refractivity contribution is -0.269. The number of hydrogen-bond donors (Lipinski definition) is 0. The number of rotatable bonds is 2. The molecule has 0 heterocycles. The molecule has 1 atom stereocenters. The van der Waals surface area contributed by atoms with E-state index in [1.54, 1.807) is 18.2 Å². The first-order valence-electron chi connectivity index (χ1n) is 4.91. The van der Waals surface area contributed by atoms with Gasteiger partial charge in [0, 0.05) is 11.4 Å². The van der Waals surface area contributed by atoms with Crippen LogP contribution in [0.25, 0.3) is 0 Å². The topological polar surface area (TPSA) is 32.3 Å². The van der Waals surface area contributed by atoms with Gasteiger partial charge in [-0.15, -0.1) is 11.6 Å². The average Bonchev–Trinajstić information content (AvgIpc) is 2.25. The predicted molar refractivity (Wildman–Crippen MR) is 67.8 cm³/mol. The molecule has 17 heavy (non-hydrogen) atoms.